The number of amides is 2. The number of carbonyl (C=O) groups excluding carboxylic acids is 1. The van der Waals surface area contributed by atoms with E-state index >= 15 is 0 Å². The molecule has 5 heteroatoms. The molecular weight excluding hydrogens is 268 g/mol. The van der Waals surface area contributed by atoms with Crippen LogP contribution in [0.1, 0.15) is 58.8 Å². The minimum atomic E-state index is -0.739. The molecule has 1 N–H and O–H groups in total. The summed E-state index contributed by atoms with van der Waals surface area (Å²) in [6, 6.07) is 0.802. The van der Waals surface area contributed by atoms with Gasteiger partial charge in [-0.1, -0.05) is 0 Å². The smallest absolute Gasteiger partial charge is 0.320 e. The van der Waals surface area contributed by atoms with Crippen LogP contribution in [0.15, 0.2) is 0 Å². The number of urea groups is 1. The molecule has 3 atom stereocenters. The molecule has 0 radical (unpaired) electrons. The van der Waals surface area contributed by atoms with Crippen molar-refractivity contribution in [3.05, 3.63) is 0 Å². The second-order valence-electron chi connectivity index (χ2n) is 6.71. The average molecular weight is 296 g/mol. The van der Waals surface area contributed by atoms with E-state index in [9.17, 15) is 9.59 Å². The highest BCUT2D eigenvalue weighted by Gasteiger charge is 2.34. The molecule has 0 aromatic carbocycles. The summed E-state index contributed by atoms with van der Waals surface area (Å²) in [5.74, 6) is -0.397. The van der Waals surface area contributed by atoms with Crippen LogP contribution in [0.4, 0.5) is 4.79 Å². The Labute approximate surface area is 127 Å². The molecule has 2 amide bonds. The van der Waals surface area contributed by atoms with Gasteiger partial charge in [0.2, 0.25) is 0 Å². The molecule has 1 unspecified atom stereocenters. The summed E-state index contributed by atoms with van der Waals surface area (Å²) in [5.41, 5.74) is 0. The molecule has 21 heavy (non-hydrogen) atoms. The maximum absolute atomic E-state index is 12.8. The van der Waals surface area contributed by atoms with Crippen molar-refractivity contribution in [2.24, 2.45) is 5.92 Å². The van der Waals surface area contributed by atoms with Crippen LogP contribution in [0.3, 0.4) is 0 Å². The normalized spacial score (nSPS) is 30.3. The average Bonchev–Trinajstić information content (AvgIpc) is 2.45. The molecule has 2 fully saturated rings. The van der Waals surface area contributed by atoms with Crippen LogP contribution in [0.2, 0.25) is 0 Å². The Balaban J connectivity index is 1.93. The van der Waals surface area contributed by atoms with E-state index in [4.69, 9.17) is 5.11 Å². The standard InChI is InChI=1S/C16H28N2O3/c1-12-5-3-6-13(2)18(12)16(21)17-10-4-7-14(11-17)8-9-15(19)20/h12-14H,3-11H2,1-2H3,(H,19,20)/t12-,13+,14?. The quantitative estimate of drug-likeness (QED) is 0.871. The van der Waals surface area contributed by atoms with E-state index in [2.05, 4.69) is 13.8 Å². The van der Waals surface area contributed by atoms with Crippen molar-refractivity contribution >= 4 is 12.0 Å². The van der Waals surface area contributed by atoms with Gasteiger partial charge in [-0.05, 0) is 58.3 Å². The van der Waals surface area contributed by atoms with E-state index in [1.807, 2.05) is 9.80 Å². The van der Waals surface area contributed by atoms with E-state index < -0.39 is 5.97 Å². The van der Waals surface area contributed by atoms with E-state index in [-0.39, 0.29) is 12.5 Å². The predicted molar refractivity (Wildman–Crippen MR) is 81.2 cm³/mol. The number of piperidine rings is 2. The van der Waals surface area contributed by atoms with E-state index in [0.29, 0.717) is 24.4 Å². The molecule has 0 bridgehead atoms. The lowest BCUT2D eigenvalue weighted by molar-refractivity contribution is -0.137. The summed E-state index contributed by atoms with van der Waals surface area (Å²) in [7, 11) is 0. The number of hydrogen-bond acceptors (Lipinski definition) is 2. The fourth-order valence-electron chi connectivity index (χ4n) is 3.76. The van der Waals surface area contributed by atoms with Crippen LogP contribution in [0.5, 0.6) is 0 Å². The molecule has 0 spiro atoms. The van der Waals surface area contributed by atoms with Gasteiger partial charge < -0.3 is 14.9 Å². The Morgan fingerprint density at radius 3 is 2.38 bits per heavy atom. The Bertz CT molecular complexity index is 376. The van der Waals surface area contributed by atoms with Crippen LogP contribution in [-0.2, 0) is 4.79 Å². The number of carbonyl (C=O) groups is 2. The van der Waals surface area contributed by atoms with Crippen molar-refractivity contribution in [2.45, 2.75) is 70.9 Å². The summed E-state index contributed by atoms with van der Waals surface area (Å²) >= 11 is 0. The van der Waals surface area contributed by atoms with Crippen LogP contribution in [0.25, 0.3) is 0 Å². The SMILES string of the molecule is C[C@@H]1CCC[C@H](C)N1C(=O)N1CCCC(CCC(=O)O)C1. The third-order valence-electron chi connectivity index (χ3n) is 4.97. The zero-order valence-electron chi connectivity index (χ0n) is 13.3. The minimum absolute atomic E-state index is 0.162. The molecule has 0 aromatic rings. The van der Waals surface area contributed by atoms with Gasteiger partial charge in [0, 0.05) is 31.6 Å². The Hall–Kier alpha value is -1.26. The third kappa shape index (κ3) is 4.11. The summed E-state index contributed by atoms with van der Waals surface area (Å²) in [5, 5.41) is 8.80. The molecule has 5 nitrogen and oxygen atoms in total. The number of aliphatic carboxylic acids is 1. The molecular formula is C16H28N2O3. The van der Waals surface area contributed by atoms with Crippen LogP contribution >= 0.6 is 0 Å². The highest BCUT2D eigenvalue weighted by atomic mass is 16.4. The first-order valence-corrected chi connectivity index (χ1v) is 8.28. The van der Waals surface area contributed by atoms with Gasteiger partial charge in [-0.2, -0.15) is 0 Å². The minimum Gasteiger partial charge on any atom is -0.481 e. The van der Waals surface area contributed by atoms with E-state index in [1.165, 1.54) is 6.42 Å². The van der Waals surface area contributed by atoms with Gasteiger partial charge in [-0.15, -0.1) is 0 Å². The number of hydrogen-bond donors (Lipinski definition) is 1. The maximum atomic E-state index is 12.8. The van der Waals surface area contributed by atoms with Crippen molar-refractivity contribution in [2.75, 3.05) is 13.1 Å². The monoisotopic (exact) mass is 296 g/mol. The number of likely N-dealkylation sites (tertiary alicyclic amines) is 2. The second-order valence-corrected chi connectivity index (χ2v) is 6.71. The van der Waals surface area contributed by atoms with Crippen LogP contribution < -0.4 is 0 Å². The summed E-state index contributed by atoms with van der Waals surface area (Å²) in [4.78, 5) is 27.5. The third-order valence-corrected chi connectivity index (χ3v) is 4.97. The number of carboxylic acids is 1. The molecule has 0 aromatic heterocycles. The van der Waals surface area contributed by atoms with Gasteiger partial charge in [-0.25, -0.2) is 4.79 Å². The molecule has 2 rings (SSSR count). The van der Waals surface area contributed by atoms with Crippen LogP contribution in [-0.4, -0.2) is 52.1 Å². The number of rotatable bonds is 3. The molecule has 120 valence electrons. The van der Waals surface area contributed by atoms with Crippen molar-refractivity contribution in [3.8, 4) is 0 Å². The topological polar surface area (TPSA) is 60.9 Å². The largest absolute Gasteiger partial charge is 0.481 e. The first-order chi connectivity index (χ1) is 9.99. The highest BCUT2D eigenvalue weighted by molar-refractivity contribution is 5.75. The first-order valence-electron chi connectivity index (χ1n) is 8.28. The maximum Gasteiger partial charge on any atom is 0.320 e. The van der Waals surface area contributed by atoms with Crippen molar-refractivity contribution < 1.29 is 14.7 Å². The lowest BCUT2D eigenvalue weighted by Gasteiger charge is -2.43. The van der Waals surface area contributed by atoms with Gasteiger partial charge in [0.1, 0.15) is 0 Å². The summed E-state index contributed by atoms with van der Waals surface area (Å²) in [6.45, 7) is 5.82. The van der Waals surface area contributed by atoms with Crippen LogP contribution in [0, 0.1) is 5.92 Å². The lowest BCUT2D eigenvalue weighted by Crippen LogP contribution is -2.55. The zero-order chi connectivity index (χ0) is 15.4. The fraction of sp³-hybridized carbons (Fsp3) is 0.875. The predicted octanol–water partition coefficient (Wildman–Crippen LogP) is 2.95. The Morgan fingerprint density at radius 2 is 1.76 bits per heavy atom. The number of nitrogens with zero attached hydrogens (tertiary/aromatic N) is 2. The van der Waals surface area contributed by atoms with Gasteiger partial charge in [0.05, 0.1) is 0 Å². The second kappa shape index (κ2) is 7.14. The van der Waals surface area contributed by atoms with Crippen molar-refractivity contribution in [3.63, 3.8) is 0 Å². The lowest BCUT2D eigenvalue weighted by atomic mass is 9.93. The summed E-state index contributed by atoms with van der Waals surface area (Å²) in [6.07, 6.45) is 6.31. The molecule has 2 saturated heterocycles. The molecule has 0 saturated carbocycles. The van der Waals surface area contributed by atoms with Crippen molar-refractivity contribution in [1.29, 1.82) is 0 Å². The Morgan fingerprint density at radius 1 is 1.10 bits per heavy atom. The highest BCUT2D eigenvalue weighted by Crippen LogP contribution is 2.27. The zero-order valence-corrected chi connectivity index (χ0v) is 13.3. The molecule has 0 aliphatic carbocycles. The van der Waals surface area contributed by atoms with Gasteiger partial charge in [-0.3, -0.25) is 4.79 Å². The number of carboxylic acid groups (broad SMARTS) is 1. The molecule has 2 aliphatic heterocycles. The Kier molecular flexibility index (Phi) is 5.48. The summed E-state index contributed by atoms with van der Waals surface area (Å²) < 4.78 is 0. The molecule has 2 aliphatic rings. The van der Waals surface area contributed by atoms with Crippen molar-refractivity contribution in [1.82, 2.24) is 9.80 Å². The van der Waals surface area contributed by atoms with E-state index in [0.717, 1.165) is 38.8 Å². The van der Waals surface area contributed by atoms with E-state index in [1.54, 1.807) is 0 Å². The molecule has 2 heterocycles. The first kappa shape index (κ1) is 16.1. The van der Waals surface area contributed by atoms with Gasteiger partial charge in [0.25, 0.3) is 0 Å². The fourth-order valence-corrected chi connectivity index (χ4v) is 3.76. The van der Waals surface area contributed by atoms with Gasteiger partial charge >= 0.3 is 12.0 Å². The van der Waals surface area contributed by atoms with Gasteiger partial charge in [0.15, 0.2) is 0 Å².